The van der Waals surface area contributed by atoms with Crippen molar-refractivity contribution in [2.75, 3.05) is 0 Å². The minimum atomic E-state index is -5.19. The number of carbonyl (C=O) groups excluding carboxylic acids is 1. The molecule has 0 aliphatic carbocycles. The molecule has 0 spiro atoms. The topological polar surface area (TPSA) is 40.1 Å². The Morgan fingerprint density at radius 3 is 1.34 bits per heavy atom. The molecule has 0 saturated heterocycles. The largest absolute Gasteiger partial charge is 0.542 e. The summed E-state index contributed by atoms with van der Waals surface area (Å²) in [5, 5.41) is 8.78. The molecule has 0 amide bonds. The van der Waals surface area contributed by atoms with Crippen LogP contribution in [0.15, 0.2) is 93.5 Å². The van der Waals surface area contributed by atoms with Crippen LogP contribution in [0.5, 0.6) is 0 Å². The zero-order valence-electron chi connectivity index (χ0n) is 22.4. The molecule has 6 heteroatoms. The summed E-state index contributed by atoms with van der Waals surface area (Å²) >= 11 is 0. The average molecular weight is 545 g/mol. The third-order valence-corrected chi connectivity index (χ3v) is 8.40. The minimum absolute atomic E-state index is 0.0487. The highest BCUT2D eigenvalue weighted by Crippen LogP contribution is 2.31. The van der Waals surface area contributed by atoms with Crippen molar-refractivity contribution in [2.45, 2.75) is 98.9 Å². The lowest BCUT2D eigenvalue weighted by molar-refractivity contribution is -0.344. The van der Waals surface area contributed by atoms with Gasteiger partial charge >= 0.3 is 6.18 Å². The predicted molar refractivity (Wildman–Crippen MR) is 148 cm³/mol. The van der Waals surface area contributed by atoms with E-state index in [0.717, 1.165) is 0 Å². The highest BCUT2D eigenvalue weighted by molar-refractivity contribution is 7.97. The van der Waals surface area contributed by atoms with Gasteiger partial charge in [-0.1, -0.05) is 94.8 Å². The normalized spacial score (nSPS) is 11.2. The number of alkyl halides is 3. The van der Waals surface area contributed by atoms with Crippen LogP contribution in [0.2, 0.25) is 0 Å². The molecule has 206 valence electrons. The number of hydrogen-bond acceptors (Lipinski definition) is 2. The third kappa shape index (κ3) is 11.3. The third-order valence-electron chi connectivity index (χ3n) is 6.17. The van der Waals surface area contributed by atoms with Crippen molar-refractivity contribution in [2.24, 2.45) is 0 Å². The van der Waals surface area contributed by atoms with Crippen LogP contribution in [0, 0.1) is 0 Å². The molecule has 0 fully saturated rings. The van der Waals surface area contributed by atoms with Gasteiger partial charge in [0.05, 0.1) is 10.9 Å². The van der Waals surface area contributed by atoms with E-state index in [2.05, 4.69) is 92.7 Å². The molecule has 0 radical (unpaired) electrons. The van der Waals surface area contributed by atoms with E-state index in [9.17, 15) is 13.2 Å². The Balaban J connectivity index is 0.000000638. The van der Waals surface area contributed by atoms with Gasteiger partial charge in [0.25, 0.3) is 0 Å². The van der Waals surface area contributed by atoms with E-state index in [1.54, 1.807) is 0 Å². The monoisotopic (exact) mass is 544 g/mol. The van der Waals surface area contributed by atoms with Gasteiger partial charge < -0.3 is 9.90 Å². The van der Waals surface area contributed by atoms with Crippen molar-refractivity contribution < 1.29 is 23.1 Å². The zero-order valence-corrected chi connectivity index (χ0v) is 23.3. The first kappa shape index (κ1) is 31.5. The maximum atomic E-state index is 10.5. The smallest absolute Gasteiger partial charge is 0.430 e. The SMILES string of the molecule is CCCCCCc1ccc([S+](c2ccccc2)c2ccc(CCCCCC)cc2)cc1.O=C([O-])C(F)(F)F. The van der Waals surface area contributed by atoms with E-state index in [-0.39, 0.29) is 10.9 Å². The van der Waals surface area contributed by atoms with E-state index < -0.39 is 12.1 Å². The molecule has 0 atom stereocenters. The van der Waals surface area contributed by atoms with E-state index in [1.807, 2.05) is 0 Å². The molecule has 0 unspecified atom stereocenters. The van der Waals surface area contributed by atoms with Crippen LogP contribution in [0.4, 0.5) is 13.2 Å². The van der Waals surface area contributed by atoms with Crippen LogP contribution >= 0.6 is 0 Å². The Bertz CT molecular complexity index is 993. The van der Waals surface area contributed by atoms with E-state index in [1.165, 1.54) is 90.0 Å². The second-order valence-electron chi connectivity index (χ2n) is 9.31. The lowest BCUT2D eigenvalue weighted by Crippen LogP contribution is -2.37. The molecular weight excluding hydrogens is 505 g/mol. The van der Waals surface area contributed by atoms with E-state index >= 15 is 0 Å². The number of carboxylic acids is 1. The Hall–Kier alpha value is -2.73. The van der Waals surface area contributed by atoms with Gasteiger partial charge in [-0.25, -0.2) is 0 Å². The summed E-state index contributed by atoms with van der Waals surface area (Å²) in [5.41, 5.74) is 2.94. The number of hydrogen-bond donors (Lipinski definition) is 0. The fraction of sp³-hybridized carbons (Fsp3) is 0.406. The number of rotatable bonds is 13. The van der Waals surface area contributed by atoms with Crippen LogP contribution in [0.1, 0.15) is 76.3 Å². The Kier molecular flexibility index (Phi) is 14.1. The van der Waals surface area contributed by atoms with Crippen molar-refractivity contribution >= 4 is 16.9 Å². The number of carboxylic acid groups (broad SMARTS) is 1. The molecule has 3 aromatic rings. The zero-order chi connectivity index (χ0) is 27.8. The summed E-state index contributed by atoms with van der Waals surface area (Å²) in [5.74, 6) is -3.01. The summed E-state index contributed by atoms with van der Waals surface area (Å²) in [6.45, 7) is 4.55. The standard InChI is InChI=1S/C30H39S.C2HF3O2/c1-3-5-7-10-14-26-18-22-29(23-19-26)31(28-16-12-9-13-17-28)30-24-20-27(21-25-30)15-11-8-6-4-2;3-2(4,5)1(6)7/h9,12-13,16-25H,3-8,10-11,14-15H2,1-2H3;(H,6,7)/q+1;/p-1. The minimum Gasteiger partial charge on any atom is -0.542 e. The highest BCUT2D eigenvalue weighted by atomic mass is 32.2. The number of aryl methyl sites for hydroxylation is 2. The molecular formula is C32H39F3O2S. The van der Waals surface area contributed by atoms with Gasteiger partial charge in [-0.15, -0.1) is 0 Å². The first-order chi connectivity index (χ1) is 18.3. The number of unbranched alkanes of at least 4 members (excludes halogenated alkanes) is 6. The van der Waals surface area contributed by atoms with Gasteiger partial charge in [0.1, 0.15) is 5.97 Å². The van der Waals surface area contributed by atoms with Gasteiger partial charge in [-0.05, 0) is 73.2 Å². The van der Waals surface area contributed by atoms with Crippen molar-refractivity contribution in [1.29, 1.82) is 0 Å². The Morgan fingerprint density at radius 2 is 1.00 bits per heavy atom. The Morgan fingerprint density at radius 1 is 0.632 bits per heavy atom. The summed E-state index contributed by atoms with van der Waals surface area (Å²) in [4.78, 5) is 13.0. The number of aliphatic carboxylic acids is 1. The highest BCUT2D eigenvalue weighted by Gasteiger charge is 2.29. The molecule has 0 N–H and O–H groups in total. The number of benzene rings is 3. The maximum absolute atomic E-state index is 10.5. The van der Waals surface area contributed by atoms with Gasteiger partial charge in [0.15, 0.2) is 14.7 Å². The molecule has 2 nitrogen and oxygen atoms in total. The van der Waals surface area contributed by atoms with E-state index in [0.29, 0.717) is 0 Å². The second kappa shape index (κ2) is 17.0. The summed E-state index contributed by atoms with van der Waals surface area (Å²) in [6, 6.07) is 29.9. The average Bonchev–Trinajstić information content (AvgIpc) is 2.91. The molecule has 0 saturated carbocycles. The quantitative estimate of drug-likeness (QED) is 0.160. The summed E-state index contributed by atoms with van der Waals surface area (Å²) in [7, 11) is -0.0487. The molecule has 0 aliphatic rings. The fourth-order valence-electron chi connectivity index (χ4n) is 4.06. The first-order valence-electron chi connectivity index (χ1n) is 13.5. The fourth-order valence-corrected chi connectivity index (χ4v) is 6.12. The molecule has 38 heavy (non-hydrogen) atoms. The number of carbonyl (C=O) groups is 1. The van der Waals surface area contributed by atoms with Crippen molar-refractivity contribution in [3.05, 3.63) is 90.0 Å². The van der Waals surface area contributed by atoms with Crippen molar-refractivity contribution in [1.82, 2.24) is 0 Å². The molecule has 3 aromatic carbocycles. The van der Waals surface area contributed by atoms with Gasteiger partial charge in [0, 0.05) is 0 Å². The van der Waals surface area contributed by atoms with Gasteiger partial charge in [0.2, 0.25) is 0 Å². The van der Waals surface area contributed by atoms with Crippen LogP contribution in [-0.2, 0) is 28.5 Å². The lowest BCUT2D eigenvalue weighted by Gasteiger charge is -2.10. The van der Waals surface area contributed by atoms with Crippen LogP contribution in [0.25, 0.3) is 0 Å². The van der Waals surface area contributed by atoms with Crippen molar-refractivity contribution in [3.63, 3.8) is 0 Å². The Labute approximate surface area is 228 Å². The molecule has 0 heterocycles. The van der Waals surface area contributed by atoms with Crippen molar-refractivity contribution in [3.8, 4) is 0 Å². The maximum Gasteiger partial charge on any atom is 0.430 e. The molecule has 0 aliphatic heterocycles. The van der Waals surface area contributed by atoms with E-state index in [4.69, 9.17) is 9.90 Å². The second-order valence-corrected chi connectivity index (χ2v) is 11.3. The first-order valence-corrected chi connectivity index (χ1v) is 14.7. The molecule has 3 rings (SSSR count). The predicted octanol–water partition coefficient (Wildman–Crippen LogP) is 8.33. The van der Waals surface area contributed by atoms with Crippen LogP contribution < -0.4 is 5.11 Å². The van der Waals surface area contributed by atoms with Gasteiger partial charge in [-0.3, -0.25) is 0 Å². The summed E-state index contributed by atoms with van der Waals surface area (Å²) < 4.78 is 31.5. The molecule has 0 aromatic heterocycles. The van der Waals surface area contributed by atoms with Crippen LogP contribution in [-0.4, -0.2) is 12.1 Å². The molecule has 0 bridgehead atoms. The lowest BCUT2D eigenvalue weighted by atomic mass is 10.1. The summed E-state index contributed by atoms with van der Waals surface area (Å²) in [6.07, 6.45) is 7.81. The number of halogens is 3. The van der Waals surface area contributed by atoms with Gasteiger partial charge in [-0.2, -0.15) is 13.2 Å². The van der Waals surface area contributed by atoms with Crippen LogP contribution in [0.3, 0.4) is 0 Å².